The Hall–Kier alpha value is -3.84. The van der Waals surface area contributed by atoms with Gasteiger partial charge < -0.3 is 40.5 Å². The van der Waals surface area contributed by atoms with Gasteiger partial charge in [-0.05, 0) is 60.4 Å². The summed E-state index contributed by atoms with van der Waals surface area (Å²) in [6.45, 7) is -1.11. The Labute approximate surface area is 192 Å². The molecule has 0 unspecified atom stereocenters. The summed E-state index contributed by atoms with van der Waals surface area (Å²) in [6.07, 6.45) is -1.64. The van der Waals surface area contributed by atoms with Crippen LogP contribution >= 0.6 is 0 Å². The number of carbonyl (C=O) groups is 4. The number of aliphatic hydroxyl groups excluding tert-OH is 3. The number of carboxylic acids is 3. The van der Waals surface area contributed by atoms with Gasteiger partial charge in [-0.2, -0.15) is 0 Å². The van der Waals surface area contributed by atoms with E-state index in [0.717, 1.165) is 0 Å². The summed E-state index contributed by atoms with van der Waals surface area (Å²) >= 11 is 0. The molecule has 184 valence electrons. The van der Waals surface area contributed by atoms with E-state index in [1.807, 2.05) is 0 Å². The van der Waals surface area contributed by atoms with Gasteiger partial charge in [-0.1, -0.05) is 0 Å². The highest BCUT2D eigenvalue weighted by molar-refractivity contribution is 5.95. The van der Waals surface area contributed by atoms with Crippen LogP contribution in [0.3, 0.4) is 0 Å². The summed E-state index contributed by atoms with van der Waals surface area (Å²) < 4.78 is 4.50. The van der Waals surface area contributed by atoms with Crippen molar-refractivity contribution in [3.05, 3.63) is 69.8 Å². The van der Waals surface area contributed by atoms with Gasteiger partial charge in [0.25, 0.3) is 0 Å². The molecule has 0 bridgehead atoms. The number of esters is 1. The minimum absolute atomic E-state index is 0.0398. The maximum Gasteiger partial charge on any atom is 0.338 e. The molecule has 2 rings (SSSR count). The fourth-order valence-electron chi connectivity index (χ4n) is 2.87. The molecule has 2 aromatic carbocycles. The Morgan fingerprint density at radius 2 is 1.09 bits per heavy atom. The number of hydrogen-bond donors (Lipinski definition) is 7. The zero-order valence-corrected chi connectivity index (χ0v) is 17.7. The second-order valence-corrected chi connectivity index (χ2v) is 6.64. The first-order valence-corrected chi connectivity index (χ1v) is 9.73. The normalized spacial score (nSPS) is 10.3. The molecule has 0 atom stereocenters. The molecule has 0 aliphatic heterocycles. The van der Waals surface area contributed by atoms with Crippen LogP contribution in [0.1, 0.15) is 52.6 Å². The number of hydrogen-bond acceptors (Lipinski definition) is 9. The summed E-state index contributed by atoms with van der Waals surface area (Å²) in [5, 5.41) is 61.5. The van der Waals surface area contributed by atoms with Crippen molar-refractivity contribution in [2.24, 2.45) is 0 Å². The highest BCUT2D eigenvalue weighted by atomic mass is 16.6. The maximum absolute atomic E-state index is 11.2. The van der Waals surface area contributed by atoms with E-state index in [1.54, 1.807) is 0 Å². The highest BCUT2D eigenvalue weighted by Crippen LogP contribution is 2.21. The lowest BCUT2D eigenvalue weighted by Crippen LogP contribution is -2.17. The largest absolute Gasteiger partial charge is 0.478 e. The van der Waals surface area contributed by atoms with Crippen LogP contribution in [0.4, 0.5) is 0 Å². The quantitative estimate of drug-likeness (QED) is 0.177. The molecule has 12 heteroatoms. The number of rotatable bonds is 10. The van der Waals surface area contributed by atoms with Gasteiger partial charge in [0.1, 0.15) is 6.61 Å². The monoisotopic (exact) mass is 480 g/mol. The molecule has 0 fully saturated rings. The Morgan fingerprint density at radius 3 is 1.41 bits per heavy atom. The predicted octanol–water partition coefficient (Wildman–Crippen LogP) is 0.00490. The molecule has 0 spiro atoms. The Bertz CT molecular complexity index is 968. The van der Waals surface area contributed by atoms with Crippen LogP contribution in [0.2, 0.25) is 0 Å². The Kier molecular flexibility index (Phi) is 11.3. The van der Waals surface area contributed by atoms with Crippen molar-refractivity contribution in [2.75, 3.05) is 19.8 Å². The van der Waals surface area contributed by atoms with Crippen LogP contribution in [0, 0.1) is 0 Å². The number of ether oxygens (including phenoxy) is 1. The summed E-state index contributed by atoms with van der Waals surface area (Å²) in [4.78, 5) is 43.8. The van der Waals surface area contributed by atoms with Crippen molar-refractivity contribution in [3.8, 4) is 0 Å². The number of carbonyl (C=O) groups excluding carboxylic acids is 1. The van der Waals surface area contributed by atoms with Gasteiger partial charge in [-0.25, -0.2) is 19.2 Å². The van der Waals surface area contributed by atoms with E-state index in [1.165, 1.54) is 36.4 Å². The first-order chi connectivity index (χ1) is 16.0. The zero-order chi connectivity index (χ0) is 25.8. The van der Waals surface area contributed by atoms with Gasteiger partial charge in [-0.15, -0.1) is 0 Å². The first kappa shape index (κ1) is 28.2. The van der Waals surface area contributed by atoms with Gasteiger partial charge >= 0.3 is 23.9 Å². The standard InChI is InChI=1S/C12H14O6.C10H10O6/c13-5-3-7-8(4-6-14)10(12(17)18)2-1-9(7)11(15)16;11-8(12)5-16-10(15)7-3-1-6(2-4-7)9(13)14/h1-2,13-14H,3-6H2,(H,15,16)(H,17,18);1-4,8,11-12H,5H2,(H,13,14). The van der Waals surface area contributed by atoms with Gasteiger partial charge in [-0.3, -0.25) is 0 Å². The van der Waals surface area contributed by atoms with E-state index in [9.17, 15) is 19.2 Å². The fraction of sp³-hybridized carbons (Fsp3) is 0.273. The lowest BCUT2D eigenvalue weighted by Gasteiger charge is -2.14. The number of carboxylic acid groups (broad SMARTS) is 3. The smallest absolute Gasteiger partial charge is 0.338 e. The van der Waals surface area contributed by atoms with Crippen LogP contribution < -0.4 is 0 Å². The van der Waals surface area contributed by atoms with Crippen molar-refractivity contribution in [1.29, 1.82) is 0 Å². The summed E-state index contributed by atoms with van der Waals surface area (Å²) in [7, 11) is 0. The summed E-state index contributed by atoms with van der Waals surface area (Å²) in [5.74, 6) is -4.21. The summed E-state index contributed by atoms with van der Waals surface area (Å²) in [6, 6.07) is 7.50. The van der Waals surface area contributed by atoms with Crippen LogP contribution in [-0.2, 0) is 17.6 Å². The lowest BCUT2D eigenvalue weighted by atomic mass is 9.92. The zero-order valence-electron chi connectivity index (χ0n) is 17.7. The van der Waals surface area contributed by atoms with Crippen molar-refractivity contribution in [2.45, 2.75) is 19.1 Å². The van der Waals surface area contributed by atoms with Crippen LogP contribution in [0.5, 0.6) is 0 Å². The van der Waals surface area contributed by atoms with Gasteiger partial charge in [0.15, 0.2) is 6.29 Å². The average molecular weight is 480 g/mol. The van der Waals surface area contributed by atoms with Crippen LogP contribution in [0.15, 0.2) is 36.4 Å². The third-order valence-corrected chi connectivity index (χ3v) is 4.35. The van der Waals surface area contributed by atoms with Gasteiger partial charge in [0.2, 0.25) is 0 Å². The van der Waals surface area contributed by atoms with Crippen LogP contribution in [0.25, 0.3) is 0 Å². The average Bonchev–Trinajstić information content (AvgIpc) is 2.78. The second kappa shape index (κ2) is 13.6. The van der Waals surface area contributed by atoms with E-state index in [4.69, 9.17) is 35.7 Å². The molecule has 0 saturated heterocycles. The molecular formula is C22H24O12. The second-order valence-electron chi connectivity index (χ2n) is 6.64. The van der Waals surface area contributed by atoms with Crippen molar-refractivity contribution >= 4 is 23.9 Å². The van der Waals surface area contributed by atoms with Gasteiger partial charge in [0.05, 0.1) is 22.3 Å². The third kappa shape index (κ3) is 8.26. The lowest BCUT2D eigenvalue weighted by molar-refractivity contribution is -0.0812. The van der Waals surface area contributed by atoms with E-state index < -0.39 is 36.8 Å². The van der Waals surface area contributed by atoms with Gasteiger partial charge in [0, 0.05) is 13.2 Å². The minimum atomic E-state index is -1.72. The molecule has 12 nitrogen and oxygen atoms in total. The molecular weight excluding hydrogens is 456 g/mol. The molecule has 0 saturated carbocycles. The summed E-state index contributed by atoms with van der Waals surface area (Å²) in [5.41, 5.74) is 0.636. The molecule has 0 heterocycles. The van der Waals surface area contributed by atoms with Crippen molar-refractivity contribution in [3.63, 3.8) is 0 Å². The number of aliphatic hydroxyl groups is 4. The van der Waals surface area contributed by atoms with Crippen LogP contribution in [-0.4, -0.2) is 85.7 Å². The van der Waals surface area contributed by atoms with E-state index >= 15 is 0 Å². The predicted molar refractivity (Wildman–Crippen MR) is 114 cm³/mol. The van der Waals surface area contributed by atoms with E-state index in [-0.39, 0.29) is 59.4 Å². The molecule has 0 amide bonds. The van der Waals surface area contributed by atoms with E-state index in [0.29, 0.717) is 0 Å². The topological polar surface area (TPSA) is 219 Å². The molecule has 7 N–H and O–H groups in total. The highest BCUT2D eigenvalue weighted by Gasteiger charge is 2.20. The molecule has 0 aliphatic carbocycles. The van der Waals surface area contributed by atoms with Crippen molar-refractivity contribution < 1.29 is 59.7 Å². The van der Waals surface area contributed by atoms with E-state index in [2.05, 4.69) is 4.74 Å². The first-order valence-electron chi connectivity index (χ1n) is 9.73. The Morgan fingerprint density at radius 1 is 0.676 bits per heavy atom. The SMILES string of the molecule is O=C(O)c1ccc(C(=O)O)c(CCO)c1CCO.O=C(O)c1ccc(C(=O)OCC(O)O)cc1. The minimum Gasteiger partial charge on any atom is -0.478 e. The molecule has 34 heavy (non-hydrogen) atoms. The number of benzene rings is 2. The fourth-order valence-corrected chi connectivity index (χ4v) is 2.87. The Balaban J connectivity index is 0.000000342. The number of aromatic carboxylic acids is 3. The molecule has 2 aromatic rings. The third-order valence-electron chi connectivity index (χ3n) is 4.35. The molecule has 0 radical (unpaired) electrons. The molecule has 0 aromatic heterocycles. The maximum atomic E-state index is 11.2. The van der Waals surface area contributed by atoms with Crippen molar-refractivity contribution in [1.82, 2.24) is 0 Å². The molecule has 0 aliphatic rings.